The first-order chi connectivity index (χ1) is 21.1. The minimum absolute atomic E-state index is 0.0676. The molecular formula is C38H70O5. The number of rotatable bonds is 33. The highest BCUT2D eigenvalue weighted by Gasteiger charge is 2.16. The molecule has 1 unspecified atom stereocenters. The summed E-state index contributed by atoms with van der Waals surface area (Å²) < 4.78 is 10.6. The SMILES string of the molecule is CCCCC/C=C\C/C=C\CCCCCCCC(=O)OC(CO)COC(=O)CCCCCCCCCCCCCCCC. The molecule has 0 saturated heterocycles. The number of hydrogen-bond acceptors (Lipinski definition) is 5. The standard InChI is InChI=1S/C38H70O5/c1-3-5-7-9-11-13-15-17-19-21-23-25-27-29-31-33-38(41)43-36(34-39)35-42-37(40)32-30-28-26-24-22-20-18-16-14-12-10-8-6-4-2/h11,13,17,19,36,39H,3-10,12,14-16,18,20-35H2,1-2H3/b13-11-,19-17-. The maximum absolute atomic E-state index is 12.1. The Balaban J connectivity index is 3.57. The van der Waals surface area contributed by atoms with Gasteiger partial charge in [0.15, 0.2) is 6.10 Å². The predicted molar refractivity (Wildman–Crippen MR) is 182 cm³/mol. The van der Waals surface area contributed by atoms with Crippen LogP contribution in [0, 0.1) is 0 Å². The summed E-state index contributed by atoms with van der Waals surface area (Å²) in [6.07, 6.45) is 39.4. The van der Waals surface area contributed by atoms with Gasteiger partial charge in [-0.05, 0) is 44.9 Å². The lowest BCUT2D eigenvalue weighted by Gasteiger charge is -2.15. The molecule has 0 spiro atoms. The molecular weight excluding hydrogens is 536 g/mol. The van der Waals surface area contributed by atoms with E-state index in [9.17, 15) is 14.7 Å². The van der Waals surface area contributed by atoms with E-state index >= 15 is 0 Å². The van der Waals surface area contributed by atoms with Crippen molar-refractivity contribution in [2.45, 2.75) is 193 Å². The van der Waals surface area contributed by atoms with Crippen LogP contribution < -0.4 is 0 Å². The number of unbranched alkanes of at least 4 members (excludes halogenated alkanes) is 21. The van der Waals surface area contributed by atoms with Crippen LogP contribution in [0.25, 0.3) is 0 Å². The van der Waals surface area contributed by atoms with Crippen molar-refractivity contribution < 1.29 is 24.2 Å². The Morgan fingerprint density at radius 2 is 0.930 bits per heavy atom. The van der Waals surface area contributed by atoms with E-state index in [1.807, 2.05) is 0 Å². The van der Waals surface area contributed by atoms with Gasteiger partial charge < -0.3 is 14.6 Å². The lowest BCUT2D eigenvalue weighted by molar-refractivity contribution is -0.161. The van der Waals surface area contributed by atoms with Crippen LogP contribution in [-0.4, -0.2) is 36.4 Å². The number of hydrogen-bond donors (Lipinski definition) is 1. The molecule has 0 heterocycles. The second kappa shape index (κ2) is 34.9. The Kier molecular flexibility index (Phi) is 33.6. The van der Waals surface area contributed by atoms with Crippen LogP contribution in [0.4, 0.5) is 0 Å². The van der Waals surface area contributed by atoms with Crippen LogP contribution in [0.2, 0.25) is 0 Å². The maximum Gasteiger partial charge on any atom is 0.306 e. The van der Waals surface area contributed by atoms with Crippen molar-refractivity contribution in [3.05, 3.63) is 24.3 Å². The molecule has 5 nitrogen and oxygen atoms in total. The molecule has 0 aliphatic heterocycles. The van der Waals surface area contributed by atoms with E-state index in [4.69, 9.17) is 9.47 Å². The van der Waals surface area contributed by atoms with E-state index in [2.05, 4.69) is 38.2 Å². The molecule has 0 aromatic carbocycles. The highest BCUT2D eigenvalue weighted by atomic mass is 16.6. The van der Waals surface area contributed by atoms with E-state index in [0.29, 0.717) is 12.8 Å². The number of aliphatic hydroxyl groups is 1. The normalized spacial score (nSPS) is 12.3. The first-order valence-corrected chi connectivity index (χ1v) is 18.4. The number of ether oxygens (including phenoxy) is 2. The van der Waals surface area contributed by atoms with Gasteiger partial charge in [-0.15, -0.1) is 0 Å². The largest absolute Gasteiger partial charge is 0.462 e. The minimum Gasteiger partial charge on any atom is -0.462 e. The molecule has 0 aliphatic carbocycles. The van der Waals surface area contributed by atoms with Crippen molar-refractivity contribution in [2.75, 3.05) is 13.2 Å². The van der Waals surface area contributed by atoms with Gasteiger partial charge in [-0.2, -0.15) is 0 Å². The topological polar surface area (TPSA) is 72.8 Å². The van der Waals surface area contributed by atoms with Gasteiger partial charge in [-0.1, -0.05) is 154 Å². The highest BCUT2D eigenvalue weighted by molar-refractivity contribution is 5.70. The second-order valence-corrected chi connectivity index (χ2v) is 12.3. The Labute approximate surface area is 266 Å². The van der Waals surface area contributed by atoms with E-state index in [-0.39, 0.29) is 25.2 Å². The van der Waals surface area contributed by atoms with Crippen LogP contribution in [0.15, 0.2) is 24.3 Å². The van der Waals surface area contributed by atoms with E-state index < -0.39 is 6.10 Å². The third kappa shape index (κ3) is 33.1. The number of esters is 2. The Morgan fingerprint density at radius 3 is 1.42 bits per heavy atom. The van der Waals surface area contributed by atoms with Crippen molar-refractivity contribution in [2.24, 2.45) is 0 Å². The van der Waals surface area contributed by atoms with Gasteiger partial charge >= 0.3 is 11.9 Å². The molecule has 1 atom stereocenters. The molecule has 1 N–H and O–H groups in total. The molecule has 0 fully saturated rings. The van der Waals surface area contributed by atoms with E-state index in [0.717, 1.165) is 51.4 Å². The summed E-state index contributed by atoms with van der Waals surface area (Å²) in [5.74, 6) is -0.602. The number of carbonyl (C=O) groups is 2. The van der Waals surface area contributed by atoms with Crippen molar-refractivity contribution >= 4 is 11.9 Å². The van der Waals surface area contributed by atoms with Gasteiger partial charge in [0.25, 0.3) is 0 Å². The average Bonchev–Trinajstić information content (AvgIpc) is 3.01. The van der Waals surface area contributed by atoms with Crippen molar-refractivity contribution in [1.29, 1.82) is 0 Å². The summed E-state index contributed by atoms with van der Waals surface area (Å²) in [4.78, 5) is 24.2. The molecule has 0 rings (SSSR count). The molecule has 0 amide bonds. The molecule has 5 heteroatoms. The van der Waals surface area contributed by atoms with Gasteiger partial charge in [-0.3, -0.25) is 9.59 Å². The third-order valence-corrected chi connectivity index (χ3v) is 8.00. The molecule has 0 radical (unpaired) electrons. The van der Waals surface area contributed by atoms with Crippen LogP contribution in [0.3, 0.4) is 0 Å². The smallest absolute Gasteiger partial charge is 0.306 e. The number of carbonyl (C=O) groups excluding carboxylic acids is 2. The first-order valence-electron chi connectivity index (χ1n) is 18.4. The van der Waals surface area contributed by atoms with Crippen LogP contribution in [-0.2, 0) is 19.1 Å². The van der Waals surface area contributed by atoms with Crippen LogP contribution >= 0.6 is 0 Å². The van der Waals surface area contributed by atoms with Crippen molar-refractivity contribution in [3.63, 3.8) is 0 Å². The quantitative estimate of drug-likeness (QED) is 0.0457. The summed E-state index contributed by atoms with van der Waals surface area (Å²) >= 11 is 0. The lowest BCUT2D eigenvalue weighted by atomic mass is 10.0. The van der Waals surface area contributed by atoms with Crippen molar-refractivity contribution in [3.8, 4) is 0 Å². The predicted octanol–water partition coefficient (Wildman–Crippen LogP) is 11.1. The maximum atomic E-state index is 12.1. The number of allylic oxidation sites excluding steroid dienone is 4. The summed E-state index contributed by atoms with van der Waals surface area (Å²) in [5, 5.41) is 9.52. The Hall–Kier alpha value is -1.62. The Morgan fingerprint density at radius 1 is 0.535 bits per heavy atom. The summed E-state index contributed by atoms with van der Waals surface area (Å²) in [6, 6.07) is 0. The van der Waals surface area contributed by atoms with Gasteiger partial charge in [0.05, 0.1) is 6.61 Å². The highest BCUT2D eigenvalue weighted by Crippen LogP contribution is 2.14. The fourth-order valence-electron chi connectivity index (χ4n) is 5.17. The zero-order chi connectivity index (χ0) is 31.5. The van der Waals surface area contributed by atoms with Crippen LogP contribution in [0.1, 0.15) is 187 Å². The minimum atomic E-state index is -0.772. The average molecular weight is 607 g/mol. The fraction of sp³-hybridized carbons (Fsp3) is 0.842. The molecule has 252 valence electrons. The summed E-state index contributed by atoms with van der Waals surface area (Å²) in [7, 11) is 0. The van der Waals surface area contributed by atoms with Gasteiger partial charge in [-0.25, -0.2) is 0 Å². The van der Waals surface area contributed by atoms with Gasteiger partial charge in [0.1, 0.15) is 6.61 Å². The van der Waals surface area contributed by atoms with Gasteiger partial charge in [0, 0.05) is 12.8 Å². The van der Waals surface area contributed by atoms with Crippen LogP contribution in [0.5, 0.6) is 0 Å². The van der Waals surface area contributed by atoms with E-state index in [1.54, 1.807) is 0 Å². The summed E-state index contributed by atoms with van der Waals surface area (Å²) in [5.41, 5.74) is 0. The summed E-state index contributed by atoms with van der Waals surface area (Å²) in [6.45, 7) is 4.10. The first kappa shape index (κ1) is 41.4. The zero-order valence-electron chi connectivity index (χ0n) is 28.5. The fourth-order valence-corrected chi connectivity index (χ4v) is 5.17. The second-order valence-electron chi connectivity index (χ2n) is 12.3. The Bertz CT molecular complexity index is 657. The monoisotopic (exact) mass is 607 g/mol. The van der Waals surface area contributed by atoms with E-state index in [1.165, 1.54) is 109 Å². The molecule has 43 heavy (non-hydrogen) atoms. The van der Waals surface area contributed by atoms with Gasteiger partial charge in [0.2, 0.25) is 0 Å². The van der Waals surface area contributed by atoms with Crippen molar-refractivity contribution in [1.82, 2.24) is 0 Å². The zero-order valence-corrected chi connectivity index (χ0v) is 28.5. The molecule has 0 saturated carbocycles. The lowest BCUT2D eigenvalue weighted by Crippen LogP contribution is -2.28. The molecule has 0 aromatic heterocycles. The number of aliphatic hydroxyl groups excluding tert-OH is 1. The third-order valence-electron chi connectivity index (χ3n) is 8.00. The molecule has 0 bridgehead atoms. The molecule has 0 aliphatic rings. The molecule has 0 aromatic rings.